The van der Waals surface area contributed by atoms with E-state index in [0.29, 0.717) is 16.6 Å². The second kappa shape index (κ2) is 6.53. The number of halogens is 2. The van der Waals surface area contributed by atoms with Crippen molar-refractivity contribution in [3.05, 3.63) is 50.4 Å². The van der Waals surface area contributed by atoms with Crippen LogP contribution in [0, 0.1) is 0 Å². The number of benzene rings is 1. The summed E-state index contributed by atoms with van der Waals surface area (Å²) >= 11 is 13.9. The van der Waals surface area contributed by atoms with E-state index >= 15 is 0 Å². The largest absolute Gasteiger partial charge is 0.304 e. The number of nitrogens with one attached hydrogen (secondary N) is 1. The number of aromatic nitrogens is 1. The third-order valence-corrected chi connectivity index (χ3v) is 4.34. The molecule has 1 heterocycles. The molecule has 0 spiro atoms. The predicted molar refractivity (Wildman–Crippen MR) is 78.4 cm³/mol. The molecular formula is C13H14Cl2N2S. The van der Waals surface area contributed by atoms with E-state index in [0.717, 1.165) is 17.0 Å². The molecule has 0 fully saturated rings. The van der Waals surface area contributed by atoms with Crippen molar-refractivity contribution in [3.63, 3.8) is 0 Å². The summed E-state index contributed by atoms with van der Waals surface area (Å²) in [7, 11) is 0. The lowest BCUT2D eigenvalue weighted by molar-refractivity contribution is 0.517. The Kier molecular flexibility index (Phi) is 5.01. The van der Waals surface area contributed by atoms with E-state index in [1.807, 2.05) is 29.8 Å². The highest BCUT2D eigenvalue weighted by Gasteiger charge is 2.13. The van der Waals surface area contributed by atoms with E-state index < -0.39 is 0 Å². The van der Waals surface area contributed by atoms with Crippen molar-refractivity contribution >= 4 is 34.5 Å². The SMILES string of the molecule is CCC(NCc1c(Cl)cccc1Cl)c1nccs1. The van der Waals surface area contributed by atoms with E-state index in [2.05, 4.69) is 17.2 Å². The minimum absolute atomic E-state index is 0.248. The van der Waals surface area contributed by atoms with Gasteiger partial charge in [-0.15, -0.1) is 11.3 Å². The van der Waals surface area contributed by atoms with Crippen molar-refractivity contribution in [2.45, 2.75) is 25.9 Å². The van der Waals surface area contributed by atoms with E-state index in [-0.39, 0.29) is 6.04 Å². The topological polar surface area (TPSA) is 24.9 Å². The number of hydrogen-bond donors (Lipinski definition) is 1. The molecule has 0 aliphatic rings. The summed E-state index contributed by atoms with van der Waals surface area (Å²) in [5.74, 6) is 0. The van der Waals surface area contributed by atoms with Gasteiger partial charge in [-0.3, -0.25) is 0 Å². The fourth-order valence-corrected chi connectivity index (χ4v) is 3.07. The maximum Gasteiger partial charge on any atom is 0.109 e. The summed E-state index contributed by atoms with van der Waals surface area (Å²) in [4.78, 5) is 4.33. The molecule has 1 aromatic heterocycles. The Morgan fingerprint density at radius 2 is 2.06 bits per heavy atom. The smallest absolute Gasteiger partial charge is 0.109 e. The minimum atomic E-state index is 0.248. The van der Waals surface area contributed by atoms with Gasteiger partial charge in [-0.05, 0) is 18.6 Å². The molecule has 0 bridgehead atoms. The van der Waals surface area contributed by atoms with Crippen molar-refractivity contribution < 1.29 is 0 Å². The molecule has 0 saturated carbocycles. The van der Waals surface area contributed by atoms with Crippen molar-refractivity contribution in [2.24, 2.45) is 0 Å². The zero-order valence-electron chi connectivity index (χ0n) is 9.99. The van der Waals surface area contributed by atoms with Gasteiger partial charge < -0.3 is 5.32 Å². The first-order valence-electron chi connectivity index (χ1n) is 5.78. The second-order valence-electron chi connectivity index (χ2n) is 3.91. The maximum atomic E-state index is 6.14. The Labute approximate surface area is 121 Å². The molecule has 18 heavy (non-hydrogen) atoms. The van der Waals surface area contributed by atoms with Crippen molar-refractivity contribution in [3.8, 4) is 0 Å². The molecule has 1 N–H and O–H groups in total. The number of nitrogens with zero attached hydrogens (tertiary/aromatic N) is 1. The number of hydrogen-bond acceptors (Lipinski definition) is 3. The molecule has 1 atom stereocenters. The fourth-order valence-electron chi connectivity index (χ4n) is 1.74. The Bertz CT molecular complexity index is 479. The molecule has 0 aliphatic carbocycles. The first-order valence-corrected chi connectivity index (χ1v) is 7.41. The van der Waals surface area contributed by atoms with Crippen molar-refractivity contribution in [1.29, 1.82) is 0 Å². The number of rotatable bonds is 5. The predicted octanol–water partition coefficient (Wildman–Crippen LogP) is 4.69. The van der Waals surface area contributed by atoms with Gasteiger partial charge in [0.2, 0.25) is 0 Å². The van der Waals surface area contributed by atoms with Crippen LogP contribution in [0.25, 0.3) is 0 Å². The molecular weight excluding hydrogens is 287 g/mol. The highest BCUT2D eigenvalue weighted by molar-refractivity contribution is 7.09. The Balaban J connectivity index is 2.06. The molecule has 0 radical (unpaired) electrons. The fraction of sp³-hybridized carbons (Fsp3) is 0.308. The summed E-state index contributed by atoms with van der Waals surface area (Å²) in [5.41, 5.74) is 0.941. The van der Waals surface area contributed by atoms with Gasteiger partial charge in [0, 0.05) is 33.7 Å². The van der Waals surface area contributed by atoms with Crippen molar-refractivity contribution in [1.82, 2.24) is 10.3 Å². The molecule has 2 rings (SSSR count). The van der Waals surface area contributed by atoms with Crippen LogP contribution in [0.5, 0.6) is 0 Å². The quantitative estimate of drug-likeness (QED) is 0.866. The Hall–Kier alpha value is -0.610. The summed E-state index contributed by atoms with van der Waals surface area (Å²) in [6, 6.07) is 5.81. The molecule has 0 saturated heterocycles. The molecule has 0 amide bonds. The highest BCUT2D eigenvalue weighted by Crippen LogP contribution is 2.26. The monoisotopic (exact) mass is 300 g/mol. The second-order valence-corrected chi connectivity index (χ2v) is 5.65. The molecule has 0 aliphatic heterocycles. The number of thiazole rings is 1. The zero-order valence-corrected chi connectivity index (χ0v) is 12.3. The lowest BCUT2D eigenvalue weighted by Gasteiger charge is -2.15. The van der Waals surface area contributed by atoms with Gasteiger partial charge >= 0.3 is 0 Å². The van der Waals surface area contributed by atoms with Crippen LogP contribution in [0.15, 0.2) is 29.8 Å². The van der Waals surface area contributed by atoms with Gasteiger partial charge in [-0.1, -0.05) is 36.2 Å². The summed E-state index contributed by atoms with van der Waals surface area (Å²) in [5, 5.41) is 7.93. The average Bonchev–Trinajstić information content (AvgIpc) is 2.87. The average molecular weight is 301 g/mol. The van der Waals surface area contributed by atoms with E-state index in [1.54, 1.807) is 11.3 Å². The lowest BCUT2D eigenvalue weighted by Crippen LogP contribution is -2.20. The van der Waals surface area contributed by atoms with Crippen molar-refractivity contribution in [2.75, 3.05) is 0 Å². The normalized spacial score (nSPS) is 12.6. The van der Waals surface area contributed by atoms with Crippen LogP contribution in [0.2, 0.25) is 10.0 Å². The van der Waals surface area contributed by atoms with E-state index in [4.69, 9.17) is 23.2 Å². The first-order chi connectivity index (χ1) is 8.72. The third kappa shape index (κ3) is 3.23. The molecule has 1 unspecified atom stereocenters. The van der Waals surface area contributed by atoms with Gasteiger partial charge in [0.15, 0.2) is 0 Å². The van der Waals surface area contributed by atoms with Gasteiger partial charge in [0.25, 0.3) is 0 Å². The van der Waals surface area contributed by atoms with E-state index in [1.165, 1.54) is 0 Å². The van der Waals surface area contributed by atoms with Crippen LogP contribution >= 0.6 is 34.5 Å². The van der Waals surface area contributed by atoms with Crippen LogP contribution < -0.4 is 5.32 Å². The molecule has 2 aromatic rings. The zero-order chi connectivity index (χ0) is 13.0. The summed E-state index contributed by atoms with van der Waals surface area (Å²) in [6.07, 6.45) is 2.81. The standard InChI is InChI=1S/C13H14Cl2N2S/c1-2-12(13-16-6-7-18-13)17-8-9-10(14)4-3-5-11(9)15/h3-7,12,17H,2,8H2,1H3. The van der Waals surface area contributed by atoms with Crippen LogP contribution in [0.1, 0.15) is 30.0 Å². The summed E-state index contributed by atoms with van der Waals surface area (Å²) < 4.78 is 0. The van der Waals surface area contributed by atoms with Crippen LogP contribution in [-0.4, -0.2) is 4.98 Å². The minimum Gasteiger partial charge on any atom is -0.304 e. The van der Waals surface area contributed by atoms with Crippen LogP contribution in [-0.2, 0) is 6.54 Å². The molecule has 1 aromatic carbocycles. The molecule has 2 nitrogen and oxygen atoms in total. The van der Waals surface area contributed by atoms with Crippen LogP contribution in [0.4, 0.5) is 0 Å². The maximum absolute atomic E-state index is 6.14. The third-order valence-electron chi connectivity index (χ3n) is 2.74. The highest BCUT2D eigenvalue weighted by atomic mass is 35.5. The molecule has 5 heteroatoms. The Morgan fingerprint density at radius 3 is 2.61 bits per heavy atom. The van der Waals surface area contributed by atoms with Crippen LogP contribution in [0.3, 0.4) is 0 Å². The Morgan fingerprint density at radius 1 is 1.33 bits per heavy atom. The van der Waals surface area contributed by atoms with Gasteiger partial charge in [0.05, 0.1) is 6.04 Å². The van der Waals surface area contributed by atoms with Gasteiger partial charge in [-0.25, -0.2) is 4.98 Å². The van der Waals surface area contributed by atoms with E-state index in [9.17, 15) is 0 Å². The van der Waals surface area contributed by atoms with Gasteiger partial charge in [0.1, 0.15) is 5.01 Å². The van der Waals surface area contributed by atoms with Gasteiger partial charge in [-0.2, -0.15) is 0 Å². The molecule has 96 valence electrons. The lowest BCUT2D eigenvalue weighted by atomic mass is 10.2. The summed E-state index contributed by atoms with van der Waals surface area (Å²) in [6.45, 7) is 2.78. The first kappa shape index (κ1) is 13.8.